The number of anilines is 2. The van der Waals surface area contributed by atoms with E-state index in [0.29, 0.717) is 16.9 Å². The molecule has 3 rings (SSSR count). The average molecular weight is 404 g/mol. The van der Waals surface area contributed by atoms with E-state index in [4.69, 9.17) is 11.1 Å². The molecule has 0 radical (unpaired) electrons. The van der Waals surface area contributed by atoms with Gasteiger partial charge in [-0.3, -0.25) is 10.2 Å². The molecule has 0 spiro atoms. The third kappa shape index (κ3) is 4.93. The van der Waals surface area contributed by atoms with Crippen LogP contribution in [0.3, 0.4) is 0 Å². The first-order valence-electron chi connectivity index (χ1n) is 9.37. The Bertz CT molecular complexity index is 1050. The summed E-state index contributed by atoms with van der Waals surface area (Å²) < 4.78 is 0. The quantitative estimate of drug-likeness (QED) is 0.442. The number of rotatable bonds is 7. The van der Waals surface area contributed by atoms with Gasteiger partial charge in [-0.25, -0.2) is 19.9 Å². The molecule has 0 aliphatic heterocycles. The monoisotopic (exact) mass is 404 g/mol. The van der Waals surface area contributed by atoms with Gasteiger partial charge < -0.3 is 16.4 Å². The number of hydrogen-bond acceptors (Lipinski definition) is 8. The number of carbonyl (C=O) groups excluding carboxylic acids is 1. The summed E-state index contributed by atoms with van der Waals surface area (Å²) in [6, 6.07) is 9.23. The molecule has 2 aromatic heterocycles. The summed E-state index contributed by atoms with van der Waals surface area (Å²) in [6.07, 6.45) is 4.37. The second-order valence-electron chi connectivity index (χ2n) is 7.49. The highest BCUT2D eigenvalue weighted by atomic mass is 16.2. The zero-order chi connectivity index (χ0) is 21.7. The van der Waals surface area contributed by atoms with E-state index in [0.717, 1.165) is 5.56 Å². The number of aromatic nitrogens is 4. The zero-order valence-corrected chi connectivity index (χ0v) is 17.1. The first kappa shape index (κ1) is 20.8. The van der Waals surface area contributed by atoms with Crippen LogP contribution in [-0.4, -0.2) is 43.6 Å². The Hall–Kier alpha value is -3.88. The average Bonchev–Trinajstić information content (AvgIpc) is 2.73. The SMILES string of the molecule is Cc1ccc(C(=N)c2c(N)ncnc2NC(C)(C)CNC(=O)c2ncccn2)cc1. The standard InChI is InChI=1S/C21H24N8O/c1-13-5-7-14(8-6-13)16(22)15-17(23)27-12-28-18(15)29-21(2,3)11-26-20(30)19-24-9-4-10-25-19/h4-10,12,22H,11H2,1-3H3,(H,26,30)(H3,23,27,28,29). The molecular formula is C21H24N8O. The molecule has 0 bridgehead atoms. The Labute approximate surface area is 174 Å². The maximum Gasteiger partial charge on any atom is 0.289 e. The van der Waals surface area contributed by atoms with Crippen molar-refractivity contribution in [2.75, 3.05) is 17.6 Å². The van der Waals surface area contributed by atoms with Crippen molar-refractivity contribution < 1.29 is 4.79 Å². The van der Waals surface area contributed by atoms with Gasteiger partial charge in [-0.05, 0) is 26.8 Å². The fourth-order valence-corrected chi connectivity index (χ4v) is 2.77. The Morgan fingerprint density at radius 3 is 2.43 bits per heavy atom. The summed E-state index contributed by atoms with van der Waals surface area (Å²) >= 11 is 0. The topological polar surface area (TPSA) is 143 Å². The second-order valence-corrected chi connectivity index (χ2v) is 7.49. The van der Waals surface area contributed by atoms with Crippen molar-refractivity contribution in [3.8, 4) is 0 Å². The molecule has 9 heteroatoms. The number of nitrogens with one attached hydrogen (secondary N) is 3. The van der Waals surface area contributed by atoms with E-state index < -0.39 is 5.54 Å². The lowest BCUT2D eigenvalue weighted by atomic mass is 10.00. The molecule has 2 heterocycles. The first-order valence-corrected chi connectivity index (χ1v) is 9.37. The van der Waals surface area contributed by atoms with Crippen LogP contribution in [0.15, 0.2) is 49.1 Å². The largest absolute Gasteiger partial charge is 0.383 e. The molecule has 1 amide bonds. The van der Waals surface area contributed by atoms with Crippen molar-refractivity contribution in [3.05, 3.63) is 71.6 Å². The second kappa shape index (κ2) is 8.64. The number of carbonyl (C=O) groups is 1. The van der Waals surface area contributed by atoms with E-state index >= 15 is 0 Å². The van der Waals surface area contributed by atoms with Gasteiger partial charge in [-0.1, -0.05) is 29.8 Å². The number of aryl methyl sites for hydroxylation is 1. The minimum atomic E-state index is -0.604. The molecule has 0 fully saturated rings. The summed E-state index contributed by atoms with van der Waals surface area (Å²) in [4.78, 5) is 28.5. The Morgan fingerprint density at radius 2 is 1.77 bits per heavy atom. The van der Waals surface area contributed by atoms with Crippen molar-refractivity contribution in [1.29, 1.82) is 5.41 Å². The molecule has 0 atom stereocenters. The minimum absolute atomic E-state index is 0.0985. The van der Waals surface area contributed by atoms with Gasteiger partial charge in [0.05, 0.1) is 16.8 Å². The Morgan fingerprint density at radius 1 is 1.10 bits per heavy atom. The van der Waals surface area contributed by atoms with Crippen molar-refractivity contribution in [1.82, 2.24) is 25.3 Å². The molecule has 1 aromatic carbocycles. The molecule has 0 unspecified atom stereocenters. The number of nitrogens with zero attached hydrogens (tertiary/aromatic N) is 4. The fourth-order valence-electron chi connectivity index (χ4n) is 2.77. The molecule has 9 nitrogen and oxygen atoms in total. The highest BCUT2D eigenvalue weighted by molar-refractivity contribution is 6.16. The third-order valence-corrected chi connectivity index (χ3v) is 4.38. The number of nitrogens with two attached hydrogens (primary N) is 1. The minimum Gasteiger partial charge on any atom is -0.383 e. The maximum absolute atomic E-state index is 12.2. The van der Waals surface area contributed by atoms with E-state index in [2.05, 4.69) is 30.6 Å². The zero-order valence-electron chi connectivity index (χ0n) is 17.1. The normalized spacial score (nSPS) is 11.0. The molecule has 5 N–H and O–H groups in total. The molecule has 0 aliphatic rings. The Kier molecular flexibility index (Phi) is 6.01. The van der Waals surface area contributed by atoms with Gasteiger partial charge in [0, 0.05) is 24.5 Å². The molecule has 3 aromatic rings. The van der Waals surface area contributed by atoms with Crippen LogP contribution in [0.1, 0.15) is 41.2 Å². The number of benzene rings is 1. The molecule has 154 valence electrons. The van der Waals surface area contributed by atoms with Crippen LogP contribution in [0.25, 0.3) is 0 Å². The maximum atomic E-state index is 12.2. The van der Waals surface area contributed by atoms with E-state index in [1.807, 2.05) is 45.0 Å². The molecule has 0 saturated heterocycles. The van der Waals surface area contributed by atoms with E-state index in [1.54, 1.807) is 6.07 Å². The molecule has 0 saturated carbocycles. The van der Waals surface area contributed by atoms with Gasteiger partial charge in [0.2, 0.25) is 5.82 Å². The first-order chi connectivity index (χ1) is 14.3. The van der Waals surface area contributed by atoms with E-state index in [-0.39, 0.29) is 29.8 Å². The molecular weight excluding hydrogens is 380 g/mol. The van der Waals surface area contributed by atoms with Crippen molar-refractivity contribution in [2.45, 2.75) is 26.3 Å². The highest BCUT2D eigenvalue weighted by Crippen LogP contribution is 2.24. The predicted molar refractivity (Wildman–Crippen MR) is 116 cm³/mol. The van der Waals surface area contributed by atoms with Gasteiger partial charge >= 0.3 is 0 Å². The van der Waals surface area contributed by atoms with Gasteiger partial charge in [0.1, 0.15) is 18.0 Å². The number of amides is 1. The predicted octanol–water partition coefficient (Wildman–Crippen LogP) is 2.19. The van der Waals surface area contributed by atoms with Gasteiger partial charge in [-0.2, -0.15) is 0 Å². The highest BCUT2D eigenvalue weighted by Gasteiger charge is 2.24. The van der Waals surface area contributed by atoms with Crippen LogP contribution < -0.4 is 16.4 Å². The van der Waals surface area contributed by atoms with Crippen LogP contribution in [-0.2, 0) is 0 Å². The lowest BCUT2D eigenvalue weighted by Gasteiger charge is -2.28. The summed E-state index contributed by atoms with van der Waals surface area (Å²) in [5.74, 6) is 0.348. The van der Waals surface area contributed by atoms with Crippen molar-refractivity contribution in [3.63, 3.8) is 0 Å². The van der Waals surface area contributed by atoms with Crippen LogP contribution in [0.2, 0.25) is 0 Å². The van der Waals surface area contributed by atoms with Crippen LogP contribution in [0, 0.1) is 12.3 Å². The Balaban J connectivity index is 1.78. The van der Waals surface area contributed by atoms with Gasteiger partial charge in [0.15, 0.2) is 0 Å². The van der Waals surface area contributed by atoms with Gasteiger partial charge in [0.25, 0.3) is 5.91 Å². The lowest BCUT2D eigenvalue weighted by molar-refractivity contribution is 0.0937. The van der Waals surface area contributed by atoms with Crippen LogP contribution >= 0.6 is 0 Å². The fraction of sp³-hybridized carbons (Fsp3) is 0.238. The molecule has 0 aliphatic carbocycles. The number of nitrogen functional groups attached to an aromatic ring is 1. The van der Waals surface area contributed by atoms with Crippen LogP contribution in [0.4, 0.5) is 11.6 Å². The van der Waals surface area contributed by atoms with E-state index in [9.17, 15) is 4.79 Å². The summed E-state index contributed by atoms with van der Waals surface area (Å²) in [5, 5.41) is 14.7. The third-order valence-electron chi connectivity index (χ3n) is 4.38. The smallest absolute Gasteiger partial charge is 0.289 e. The summed E-state index contributed by atoms with van der Waals surface area (Å²) in [5.41, 5.74) is 7.91. The molecule has 30 heavy (non-hydrogen) atoms. The van der Waals surface area contributed by atoms with E-state index in [1.165, 1.54) is 18.7 Å². The van der Waals surface area contributed by atoms with Crippen molar-refractivity contribution >= 4 is 23.3 Å². The summed E-state index contributed by atoms with van der Waals surface area (Å²) in [7, 11) is 0. The lowest BCUT2D eigenvalue weighted by Crippen LogP contribution is -2.45. The van der Waals surface area contributed by atoms with Crippen LogP contribution in [0.5, 0.6) is 0 Å². The van der Waals surface area contributed by atoms with Gasteiger partial charge in [-0.15, -0.1) is 0 Å². The number of hydrogen-bond donors (Lipinski definition) is 4. The van der Waals surface area contributed by atoms with Crippen molar-refractivity contribution in [2.24, 2.45) is 0 Å². The summed E-state index contributed by atoms with van der Waals surface area (Å²) in [6.45, 7) is 6.05.